The van der Waals surface area contributed by atoms with Crippen molar-refractivity contribution in [1.82, 2.24) is 4.90 Å². The second-order valence-electron chi connectivity index (χ2n) is 5.36. The molecular weight excluding hydrogens is 270 g/mol. The number of piperidine rings is 1. The number of nitrogens with two attached hydrogens (primary N) is 1. The third-order valence-electron chi connectivity index (χ3n) is 3.90. The fourth-order valence-electron chi connectivity index (χ4n) is 2.56. The van der Waals surface area contributed by atoms with Crippen LogP contribution in [0.2, 0.25) is 0 Å². The van der Waals surface area contributed by atoms with Crippen molar-refractivity contribution >= 4 is 28.9 Å². The first-order valence-electron chi connectivity index (χ1n) is 6.90. The third kappa shape index (κ3) is 3.28. The molecule has 5 heteroatoms. The Bertz CT molecular complexity index is 502. The molecule has 0 spiro atoms. The number of rotatable bonds is 2. The Morgan fingerprint density at radius 1 is 1.30 bits per heavy atom. The van der Waals surface area contributed by atoms with Crippen LogP contribution < -0.4 is 11.1 Å². The maximum Gasteiger partial charge on any atom is 0.220 e. The standard InChI is InChI=1S/C15H21N3OS/c1-10-4-3-5-11(2)13(10)17-15(20)18-8-6-12(7-9-18)14(16)19/h3-5,12H,6-9H2,1-2H3,(H2,16,19)(H,17,20). The zero-order valence-corrected chi connectivity index (χ0v) is 12.8. The van der Waals surface area contributed by atoms with Gasteiger partial charge in [-0.05, 0) is 50.0 Å². The van der Waals surface area contributed by atoms with Gasteiger partial charge in [-0.2, -0.15) is 0 Å². The van der Waals surface area contributed by atoms with Crippen LogP contribution in [0.4, 0.5) is 5.69 Å². The molecule has 2 rings (SSSR count). The molecule has 1 aromatic carbocycles. The zero-order chi connectivity index (χ0) is 14.7. The molecule has 1 aliphatic heterocycles. The molecule has 1 aliphatic rings. The van der Waals surface area contributed by atoms with Crippen LogP contribution in [0.15, 0.2) is 18.2 Å². The molecule has 108 valence electrons. The fourth-order valence-corrected chi connectivity index (χ4v) is 2.85. The summed E-state index contributed by atoms with van der Waals surface area (Å²) >= 11 is 5.48. The topological polar surface area (TPSA) is 58.4 Å². The van der Waals surface area contributed by atoms with Gasteiger partial charge in [-0.1, -0.05) is 18.2 Å². The lowest BCUT2D eigenvalue weighted by molar-refractivity contribution is -0.122. The van der Waals surface area contributed by atoms with Gasteiger partial charge in [0.05, 0.1) is 0 Å². The number of anilines is 1. The quantitative estimate of drug-likeness (QED) is 0.820. The van der Waals surface area contributed by atoms with Gasteiger partial charge in [0.25, 0.3) is 0 Å². The molecule has 0 aliphatic carbocycles. The Hall–Kier alpha value is -1.62. The molecule has 1 fully saturated rings. The predicted molar refractivity (Wildman–Crippen MR) is 85.6 cm³/mol. The molecule has 0 unspecified atom stereocenters. The van der Waals surface area contributed by atoms with Crippen LogP contribution in [-0.2, 0) is 4.79 Å². The van der Waals surface area contributed by atoms with E-state index in [1.165, 1.54) is 11.1 Å². The number of primary amides is 1. The van der Waals surface area contributed by atoms with Crippen molar-refractivity contribution in [2.24, 2.45) is 11.7 Å². The zero-order valence-electron chi connectivity index (χ0n) is 12.0. The van der Waals surface area contributed by atoms with Crippen LogP contribution in [0.25, 0.3) is 0 Å². The Morgan fingerprint density at radius 2 is 1.85 bits per heavy atom. The van der Waals surface area contributed by atoms with E-state index in [1.54, 1.807) is 0 Å². The Morgan fingerprint density at radius 3 is 2.35 bits per heavy atom. The van der Waals surface area contributed by atoms with E-state index in [4.69, 9.17) is 18.0 Å². The monoisotopic (exact) mass is 291 g/mol. The van der Waals surface area contributed by atoms with Gasteiger partial charge in [0.2, 0.25) is 5.91 Å². The van der Waals surface area contributed by atoms with Crippen LogP contribution >= 0.6 is 12.2 Å². The van der Waals surface area contributed by atoms with E-state index in [0.717, 1.165) is 36.7 Å². The number of para-hydroxylation sites is 1. The number of likely N-dealkylation sites (tertiary alicyclic amines) is 1. The van der Waals surface area contributed by atoms with Gasteiger partial charge in [0.15, 0.2) is 5.11 Å². The number of nitrogens with one attached hydrogen (secondary N) is 1. The molecule has 1 aromatic rings. The number of thiocarbonyl (C=S) groups is 1. The number of nitrogens with zero attached hydrogens (tertiary/aromatic N) is 1. The van der Waals surface area contributed by atoms with Gasteiger partial charge in [-0.15, -0.1) is 0 Å². The number of amides is 1. The molecule has 20 heavy (non-hydrogen) atoms. The minimum Gasteiger partial charge on any atom is -0.369 e. The number of hydrogen-bond donors (Lipinski definition) is 2. The second-order valence-corrected chi connectivity index (χ2v) is 5.75. The summed E-state index contributed by atoms with van der Waals surface area (Å²) in [5.41, 5.74) is 8.78. The molecule has 1 amide bonds. The van der Waals surface area contributed by atoms with Crippen LogP contribution in [0, 0.1) is 19.8 Å². The second kappa shape index (κ2) is 6.22. The smallest absolute Gasteiger partial charge is 0.220 e. The number of benzene rings is 1. The Labute approximate surface area is 125 Å². The van der Waals surface area contributed by atoms with Crippen molar-refractivity contribution in [2.75, 3.05) is 18.4 Å². The maximum absolute atomic E-state index is 11.2. The minimum atomic E-state index is -0.196. The van der Waals surface area contributed by atoms with E-state index in [2.05, 4.69) is 36.2 Å². The molecule has 0 bridgehead atoms. The summed E-state index contributed by atoms with van der Waals surface area (Å²) in [6, 6.07) is 6.17. The van der Waals surface area contributed by atoms with Crippen LogP contribution in [0.5, 0.6) is 0 Å². The fraction of sp³-hybridized carbons (Fsp3) is 0.467. The van der Waals surface area contributed by atoms with Gasteiger partial charge in [-0.25, -0.2) is 0 Å². The number of carbonyl (C=O) groups excluding carboxylic acids is 1. The molecule has 0 aromatic heterocycles. The molecule has 0 saturated carbocycles. The van der Waals surface area contributed by atoms with Gasteiger partial charge < -0.3 is 16.0 Å². The largest absolute Gasteiger partial charge is 0.369 e. The Kier molecular flexibility index (Phi) is 4.60. The van der Waals surface area contributed by atoms with Gasteiger partial charge in [-0.3, -0.25) is 4.79 Å². The molecule has 4 nitrogen and oxygen atoms in total. The first-order valence-corrected chi connectivity index (χ1v) is 7.31. The third-order valence-corrected chi connectivity index (χ3v) is 4.26. The summed E-state index contributed by atoms with van der Waals surface area (Å²) in [7, 11) is 0. The van der Waals surface area contributed by atoms with Crippen molar-refractivity contribution in [3.63, 3.8) is 0 Å². The first kappa shape index (κ1) is 14.8. The van der Waals surface area contributed by atoms with Gasteiger partial charge >= 0.3 is 0 Å². The van der Waals surface area contributed by atoms with Crippen molar-refractivity contribution in [3.8, 4) is 0 Å². The van der Waals surface area contributed by atoms with E-state index in [9.17, 15) is 4.79 Å². The highest BCUT2D eigenvalue weighted by molar-refractivity contribution is 7.80. The van der Waals surface area contributed by atoms with Crippen molar-refractivity contribution < 1.29 is 4.79 Å². The average Bonchev–Trinajstić information content (AvgIpc) is 2.43. The van der Waals surface area contributed by atoms with Crippen LogP contribution in [0.3, 0.4) is 0 Å². The lowest BCUT2D eigenvalue weighted by Crippen LogP contribution is -2.43. The summed E-state index contributed by atoms with van der Waals surface area (Å²) in [6.45, 7) is 5.70. The van der Waals surface area contributed by atoms with E-state index in [1.807, 2.05) is 6.07 Å². The lowest BCUT2D eigenvalue weighted by Gasteiger charge is -2.33. The minimum absolute atomic E-state index is 0.00533. The first-order chi connectivity index (χ1) is 9.49. The summed E-state index contributed by atoms with van der Waals surface area (Å²) in [6.07, 6.45) is 1.56. The van der Waals surface area contributed by atoms with E-state index in [-0.39, 0.29) is 11.8 Å². The van der Waals surface area contributed by atoms with Gasteiger partial charge in [0.1, 0.15) is 0 Å². The molecule has 1 heterocycles. The van der Waals surface area contributed by atoms with E-state index in [0.29, 0.717) is 0 Å². The Balaban J connectivity index is 1.98. The summed E-state index contributed by atoms with van der Waals surface area (Å²) in [5.74, 6) is -0.201. The molecule has 1 saturated heterocycles. The molecule has 0 atom stereocenters. The molecule has 3 N–H and O–H groups in total. The van der Waals surface area contributed by atoms with E-state index >= 15 is 0 Å². The predicted octanol–water partition coefficient (Wildman–Crippen LogP) is 2.20. The molecular formula is C15H21N3OS. The lowest BCUT2D eigenvalue weighted by atomic mass is 9.96. The van der Waals surface area contributed by atoms with E-state index < -0.39 is 0 Å². The SMILES string of the molecule is Cc1cccc(C)c1NC(=S)N1CCC(C(N)=O)CC1. The van der Waals surface area contributed by atoms with Crippen molar-refractivity contribution in [2.45, 2.75) is 26.7 Å². The average molecular weight is 291 g/mol. The summed E-state index contributed by atoms with van der Waals surface area (Å²) < 4.78 is 0. The van der Waals surface area contributed by atoms with Crippen LogP contribution in [0.1, 0.15) is 24.0 Å². The van der Waals surface area contributed by atoms with Crippen LogP contribution in [-0.4, -0.2) is 29.0 Å². The highest BCUT2D eigenvalue weighted by atomic mass is 32.1. The van der Waals surface area contributed by atoms with Crippen molar-refractivity contribution in [1.29, 1.82) is 0 Å². The summed E-state index contributed by atoms with van der Waals surface area (Å²) in [4.78, 5) is 13.3. The van der Waals surface area contributed by atoms with Crippen molar-refractivity contribution in [3.05, 3.63) is 29.3 Å². The highest BCUT2D eigenvalue weighted by Crippen LogP contribution is 2.22. The highest BCUT2D eigenvalue weighted by Gasteiger charge is 2.24. The normalized spacial score (nSPS) is 16.0. The summed E-state index contributed by atoms with van der Waals surface area (Å²) in [5, 5.41) is 4.06. The number of carbonyl (C=O) groups is 1. The number of aryl methyl sites for hydroxylation is 2. The number of hydrogen-bond acceptors (Lipinski definition) is 2. The maximum atomic E-state index is 11.2. The molecule has 0 radical (unpaired) electrons. The van der Waals surface area contributed by atoms with Gasteiger partial charge in [0, 0.05) is 24.7 Å².